The predicted molar refractivity (Wildman–Crippen MR) is 50.2 cm³/mol. The number of halogens is 2. The summed E-state index contributed by atoms with van der Waals surface area (Å²) in [6, 6.07) is 0.993. The molecule has 2 nitrogen and oxygen atoms in total. The first kappa shape index (κ1) is 10.1. The number of rotatable bonds is 1. The van der Waals surface area contributed by atoms with Crippen LogP contribution in [0.25, 0.3) is 0 Å². The van der Waals surface area contributed by atoms with Gasteiger partial charge in [0.25, 0.3) is 0 Å². The van der Waals surface area contributed by atoms with Crippen LogP contribution in [0.2, 0.25) is 0 Å². The smallest absolute Gasteiger partial charge is 0.176 e. The second kappa shape index (κ2) is 3.61. The number of methoxy groups -OCH3 is 1. The zero-order valence-corrected chi connectivity index (χ0v) is 8.27. The molecule has 1 aromatic rings. The quantitative estimate of drug-likeness (QED) is 0.714. The maximum absolute atomic E-state index is 13.7. The summed E-state index contributed by atoms with van der Waals surface area (Å²) in [6.07, 6.45) is 1.26. The summed E-state index contributed by atoms with van der Waals surface area (Å²) in [5.74, 6) is -1.84. The van der Waals surface area contributed by atoms with Gasteiger partial charge in [0.1, 0.15) is 5.82 Å². The summed E-state index contributed by atoms with van der Waals surface area (Å²) >= 11 is 0. The Labute approximate surface area is 85.9 Å². The molecule has 1 aliphatic carbocycles. The van der Waals surface area contributed by atoms with E-state index in [0.717, 1.165) is 6.07 Å². The van der Waals surface area contributed by atoms with E-state index in [1.807, 2.05) is 0 Å². The molecule has 0 bridgehead atoms. The summed E-state index contributed by atoms with van der Waals surface area (Å²) in [7, 11) is 1.25. The largest absolute Gasteiger partial charge is 0.494 e. The van der Waals surface area contributed by atoms with Crippen molar-refractivity contribution < 1.29 is 18.3 Å². The standard InChI is InChI=1S/C11H10F2O2/c1-15-9-5-7(12)6-3-2-4-8(14)10(6)11(9)13/h5H,2-4H2,1H3. The number of fused-ring (bicyclic) bond motifs is 1. The van der Waals surface area contributed by atoms with Crippen molar-refractivity contribution in [3.05, 3.63) is 28.8 Å². The minimum atomic E-state index is -0.737. The number of hydrogen-bond donors (Lipinski definition) is 0. The second-order valence-corrected chi connectivity index (χ2v) is 3.50. The lowest BCUT2D eigenvalue weighted by Crippen LogP contribution is -2.15. The van der Waals surface area contributed by atoms with Gasteiger partial charge in [-0.3, -0.25) is 4.79 Å². The van der Waals surface area contributed by atoms with Gasteiger partial charge in [-0.2, -0.15) is 0 Å². The fraction of sp³-hybridized carbons (Fsp3) is 0.364. The SMILES string of the molecule is COc1cc(F)c2c(c1F)C(=O)CCC2. The summed E-state index contributed by atoms with van der Waals surface area (Å²) < 4.78 is 31.8. The highest BCUT2D eigenvalue weighted by Crippen LogP contribution is 2.31. The van der Waals surface area contributed by atoms with Crippen molar-refractivity contribution in [2.24, 2.45) is 0 Å². The van der Waals surface area contributed by atoms with Gasteiger partial charge in [0.2, 0.25) is 0 Å². The zero-order chi connectivity index (χ0) is 11.0. The highest BCUT2D eigenvalue weighted by Gasteiger charge is 2.27. The van der Waals surface area contributed by atoms with E-state index in [0.29, 0.717) is 12.8 Å². The monoisotopic (exact) mass is 212 g/mol. The second-order valence-electron chi connectivity index (χ2n) is 3.50. The van der Waals surface area contributed by atoms with Gasteiger partial charge in [0.15, 0.2) is 17.3 Å². The van der Waals surface area contributed by atoms with E-state index in [1.165, 1.54) is 7.11 Å². The Morgan fingerprint density at radius 2 is 2.07 bits per heavy atom. The first-order chi connectivity index (χ1) is 7.15. The van der Waals surface area contributed by atoms with Crippen LogP contribution in [0.1, 0.15) is 28.8 Å². The van der Waals surface area contributed by atoms with Gasteiger partial charge in [-0.25, -0.2) is 8.78 Å². The molecule has 0 unspecified atom stereocenters. The molecule has 15 heavy (non-hydrogen) atoms. The minimum Gasteiger partial charge on any atom is -0.494 e. The molecule has 80 valence electrons. The third-order valence-electron chi connectivity index (χ3n) is 2.61. The minimum absolute atomic E-state index is 0.127. The molecule has 0 saturated carbocycles. The molecule has 2 rings (SSSR count). The molecule has 0 aromatic heterocycles. The van der Waals surface area contributed by atoms with Crippen molar-refractivity contribution in [1.29, 1.82) is 0 Å². The van der Waals surface area contributed by atoms with Crippen molar-refractivity contribution in [2.75, 3.05) is 7.11 Å². The van der Waals surface area contributed by atoms with Crippen molar-refractivity contribution in [3.63, 3.8) is 0 Å². The summed E-state index contributed by atoms with van der Waals surface area (Å²) in [5, 5.41) is 0. The van der Waals surface area contributed by atoms with Gasteiger partial charge in [0.05, 0.1) is 12.7 Å². The van der Waals surface area contributed by atoms with Crippen molar-refractivity contribution in [3.8, 4) is 5.75 Å². The van der Waals surface area contributed by atoms with Gasteiger partial charge < -0.3 is 4.74 Å². The fourth-order valence-corrected chi connectivity index (χ4v) is 1.88. The third kappa shape index (κ3) is 1.50. The molecule has 4 heteroatoms. The summed E-state index contributed by atoms with van der Waals surface area (Å²) in [5.41, 5.74) is 0.0580. The van der Waals surface area contributed by atoms with Crippen LogP contribution < -0.4 is 4.74 Å². The van der Waals surface area contributed by atoms with E-state index in [2.05, 4.69) is 4.74 Å². The number of benzene rings is 1. The maximum Gasteiger partial charge on any atom is 0.176 e. The molecular formula is C11H10F2O2. The molecule has 0 aliphatic heterocycles. The van der Waals surface area contributed by atoms with E-state index in [4.69, 9.17) is 0 Å². The molecule has 0 spiro atoms. The summed E-state index contributed by atoms with van der Waals surface area (Å²) in [4.78, 5) is 11.5. The average Bonchev–Trinajstić information content (AvgIpc) is 2.23. The first-order valence-electron chi connectivity index (χ1n) is 4.73. The van der Waals surface area contributed by atoms with Crippen LogP contribution >= 0.6 is 0 Å². The van der Waals surface area contributed by atoms with E-state index in [-0.39, 0.29) is 29.1 Å². The Morgan fingerprint density at radius 3 is 2.73 bits per heavy atom. The van der Waals surface area contributed by atoms with Gasteiger partial charge in [-0.05, 0) is 12.8 Å². The average molecular weight is 212 g/mol. The van der Waals surface area contributed by atoms with E-state index >= 15 is 0 Å². The van der Waals surface area contributed by atoms with Crippen LogP contribution in [0.15, 0.2) is 6.07 Å². The number of carbonyl (C=O) groups is 1. The topological polar surface area (TPSA) is 26.3 Å². The normalized spacial score (nSPS) is 15.0. The summed E-state index contributed by atoms with van der Waals surface area (Å²) in [6.45, 7) is 0. The lowest BCUT2D eigenvalue weighted by Gasteiger charge is -2.17. The van der Waals surface area contributed by atoms with Crippen LogP contribution in [0.3, 0.4) is 0 Å². The van der Waals surface area contributed by atoms with Gasteiger partial charge in [0, 0.05) is 18.1 Å². The third-order valence-corrected chi connectivity index (χ3v) is 2.61. The molecule has 0 amide bonds. The lowest BCUT2D eigenvalue weighted by atomic mass is 9.89. The highest BCUT2D eigenvalue weighted by molar-refractivity contribution is 5.99. The Balaban J connectivity index is 2.69. The zero-order valence-electron chi connectivity index (χ0n) is 8.27. The molecule has 0 saturated heterocycles. The molecular weight excluding hydrogens is 202 g/mol. The Hall–Kier alpha value is -1.45. The molecule has 1 aliphatic rings. The van der Waals surface area contributed by atoms with Crippen LogP contribution in [-0.2, 0) is 6.42 Å². The number of hydrogen-bond acceptors (Lipinski definition) is 2. The van der Waals surface area contributed by atoms with E-state index in [1.54, 1.807) is 0 Å². The van der Waals surface area contributed by atoms with Crippen LogP contribution in [-0.4, -0.2) is 12.9 Å². The van der Waals surface area contributed by atoms with Crippen LogP contribution in [0.4, 0.5) is 8.78 Å². The molecule has 0 fully saturated rings. The van der Waals surface area contributed by atoms with Gasteiger partial charge >= 0.3 is 0 Å². The number of Topliss-reactive ketones (excluding diaryl/α,β-unsaturated/α-hetero) is 1. The highest BCUT2D eigenvalue weighted by atomic mass is 19.1. The Morgan fingerprint density at radius 1 is 1.33 bits per heavy atom. The Bertz CT molecular complexity index is 427. The van der Waals surface area contributed by atoms with E-state index < -0.39 is 11.6 Å². The number of ether oxygens (including phenoxy) is 1. The van der Waals surface area contributed by atoms with Crippen molar-refractivity contribution >= 4 is 5.78 Å². The molecule has 0 radical (unpaired) electrons. The molecule has 0 heterocycles. The van der Waals surface area contributed by atoms with Crippen molar-refractivity contribution in [1.82, 2.24) is 0 Å². The Kier molecular flexibility index (Phi) is 2.42. The van der Waals surface area contributed by atoms with Crippen LogP contribution in [0.5, 0.6) is 5.75 Å². The molecule has 0 N–H and O–H groups in total. The van der Waals surface area contributed by atoms with E-state index in [9.17, 15) is 13.6 Å². The lowest BCUT2D eigenvalue weighted by molar-refractivity contribution is 0.0966. The maximum atomic E-state index is 13.7. The van der Waals surface area contributed by atoms with Crippen LogP contribution in [0, 0.1) is 11.6 Å². The molecule has 1 aromatic carbocycles. The fourth-order valence-electron chi connectivity index (χ4n) is 1.88. The van der Waals surface area contributed by atoms with Gasteiger partial charge in [-0.1, -0.05) is 0 Å². The predicted octanol–water partition coefficient (Wildman–Crippen LogP) is 2.49. The molecule has 0 atom stereocenters. The number of carbonyl (C=O) groups excluding carboxylic acids is 1. The van der Waals surface area contributed by atoms with Crippen molar-refractivity contribution in [2.45, 2.75) is 19.3 Å². The van der Waals surface area contributed by atoms with Gasteiger partial charge in [-0.15, -0.1) is 0 Å². The first-order valence-corrected chi connectivity index (χ1v) is 4.73. The number of ketones is 1.